The second-order valence-electron chi connectivity index (χ2n) is 7.73. The zero-order valence-electron chi connectivity index (χ0n) is 18.7. The number of para-hydroxylation sites is 1. The van der Waals surface area contributed by atoms with Gasteiger partial charge in [-0.3, -0.25) is 9.59 Å². The Kier molecular flexibility index (Phi) is 9.51. The average Bonchev–Trinajstić information content (AvgIpc) is 2.86. The lowest BCUT2D eigenvalue weighted by atomic mass is 10.0. The van der Waals surface area contributed by atoms with E-state index in [9.17, 15) is 9.59 Å². The molecule has 0 fully saturated rings. The third-order valence-electron chi connectivity index (χ3n) is 5.33. The van der Waals surface area contributed by atoms with E-state index in [2.05, 4.69) is 21.2 Å². The molecule has 3 aromatic rings. The number of hydrogen-bond acceptors (Lipinski definition) is 3. The number of likely N-dealkylation sites (N-methyl/N-ethyl adjacent to an activating group) is 1. The monoisotopic (exact) mass is 508 g/mol. The summed E-state index contributed by atoms with van der Waals surface area (Å²) in [7, 11) is 1.61. The molecule has 1 atom stereocenters. The Morgan fingerprint density at radius 3 is 2.18 bits per heavy atom. The van der Waals surface area contributed by atoms with Gasteiger partial charge in [0.1, 0.15) is 11.8 Å². The van der Waals surface area contributed by atoms with Crippen molar-refractivity contribution in [2.45, 2.75) is 31.8 Å². The number of nitrogens with one attached hydrogen (secondary N) is 1. The normalized spacial score (nSPS) is 11.5. The maximum absolute atomic E-state index is 13.4. The lowest BCUT2D eigenvalue weighted by Crippen LogP contribution is -2.49. The van der Waals surface area contributed by atoms with Gasteiger partial charge >= 0.3 is 0 Å². The second-order valence-corrected chi connectivity index (χ2v) is 8.65. The lowest BCUT2D eigenvalue weighted by molar-refractivity contribution is -0.141. The Labute approximate surface area is 203 Å². The van der Waals surface area contributed by atoms with Gasteiger partial charge in [-0.05, 0) is 41.8 Å². The molecule has 6 heteroatoms. The van der Waals surface area contributed by atoms with Gasteiger partial charge in [0.15, 0.2) is 0 Å². The highest BCUT2D eigenvalue weighted by Crippen LogP contribution is 2.18. The Hall–Kier alpha value is -3.12. The highest BCUT2D eigenvalue weighted by Gasteiger charge is 2.29. The molecule has 0 heterocycles. The zero-order valence-corrected chi connectivity index (χ0v) is 20.3. The average molecular weight is 509 g/mol. The van der Waals surface area contributed by atoms with Crippen molar-refractivity contribution < 1.29 is 14.3 Å². The van der Waals surface area contributed by atoms with Crippen LogP contribution >= 0.6 is 15.9 Å². The van der Waals surface area contributed by atoms with Crippen molar-refractivity contribution in [1.29, 1.82) is 0 Å². The predicted octanol–water partition coefficient (Wildman–Crippen LogP) is 4.99. The van der Waals surface area contributed by atoms with E-state index in [4.69, 9.17) is 4.74 Å². The summed E-state index contributed by atoms with van der Waals surface area (Å²) in [5.74, 6) is 0.535. The first-order valence-corrected chi connectivity index (χ1v) is 11.8. The molecule has 0 aliphatic heterocycles. The van der Waals surface area contributed by atoms with Crippen molar-refractivity contribution in [3.8, 4) is 5.75 Å². The van der Waals surface area contributed by atoms with Crippen LogP contribution in [0.5, 0.6) is 5.75 Å². The number of carbonyl (C=O) groups is 2. The SMILES string of the molecule is CNC(=O)[C@@H](Cc1ccccc1)N(Cc1ccc(Br)cc1)C(=O)CCCOc1ccccc1. The van der Waals surface area contributed by atoms with Gasteiger partial charge in [-0.2, -0.15) is 0 Å². The van der Waals surface area contributed by atoms with Crippen LogP contribution < -0.4 is 10.1 Å². The number of hydrogen-bond donors (Lipinski definition) is 1. The number of rotatable bonds is 11. The molecule has 33 heavy (non-hydrogen) atoms. The summed E-state index contributed by atoms with van der Waals surface area (Å²) in [4.78, 5) is 27.9. The van der Waals surface area contributed by atoms with Gasteiger partial charge in [0.2, 0.25) is 11.8 Å². The molecular weight excluding hydrogens is 480 g/mol. The van der Waals surface area contributed by atoms with Crippen LogP contribution in [0.3, 0.4) is 0 Å². The highest BCUT2D eigenvalue weighted by atomic mass is 79.9. The van der Waals surface area contributed by atoms with Gasteiger partial charge in [0, 0.05) is 30.9 Å². The molecule has 0 saturated heterocycles. The molecule has 0 unspecified atom stereocenters. The molecule has 0 aromatic heterocycles. The van der Waals surface area contributed by atoms with Crippen LogP contribution in [-0.4, -0.2) is 36.4 Å². The van der Waals surface area contributed by atoms with Crippen LogP contribution in [0.4, 0.5) is 0 Å². The minimum atomic E-state index is -0.608. The van der Waals surface area contributed by atoms with E-state index in [1.807, 2.05) is 84.9 Å². The molecule has 0 aliphatic rings. The van der Waals surface area contributed by atoms with Gasteiger partial charge in [0.05, 0.1) is 6.61 Å². The maximum atomic E-state index is 13.4. The first-order valence-electron chi connectivity index (χ1n) is 11.0. The van der Waals surface area contributed by atoms with E-state index < -0.39 is 6.04 Å². The van der Waals surface area contributed by atoms with Gasteiger partial charge in [0.25, 0.3) is 0 Å². The van der Waals surface area contributed by atoms with Crippen LogP contribution in [0.15, 0.2) is 89.4 Å². The standard InChI is InChI=1S/C27H29BrN2O3/c1-29-27(32)25(19-21-9-4-2-5-10-21)30(20-22-14-16-23(28)17-15-22)26(31)13-8-18-33-24-11-6-3-7-12-24/h2-7,9-12,14-17,25H,8,13,18-20H2,1H3,(H,29,32)/t25-/m1/s1. The Morgan fingerprint density at radius 1 is 0.909 bits per heavy atom. The molecule has 5 nitrogen and oxygen atoms in total. The van der Waals surface area contributed by atoms with Gasteiger partial charge < -0.3 is 15.0 Å². The molecule has 1 N–H and O–H groups in total. The van der Waals surface area contributed by atoms with E-state index in [1.165, 1.54) is 0 Å². The number of ether oxygens (including phenoxy) is 1. The summed E-state index contributed by atoms with van der Waals surface area (Å²) < 4.78 is 6.70. The number of nitrogens with zero attached hydrogens (tertiary/aromatic N) is 1. The second kappa shape index (κ2) is 12.8. The van der Waals surface area contributed by atoms with Crippen molar-refractivity contribution in [1.82, 2.24) is 10.2 Å². The van der Waals surface area contributed by atoms with Crippen molar-refractivity contribution >= 4 is 27.7 Å². The molecular formula is C27H29BrN2O3. The maximum Gasteiger partial charge on any atom is 0.242 e. The summed E-state index contributed by atoms with van der Waals surface area (Å²) in [5.41, 5.74) is 1.97. The van der Waals surface area contributed by atoms with E-state index in [0.717, 1.165) is 21.3 Å². The van der Waals surface area contributed by atoms with Gasteiger partial charge in [-0.1, -0.05) is 76.6 Å². The van der Waals surface area contributed by atoms with Crippen LogP contribution in [0, 0.1) is 0 Å². The first-order chi connectivity index (χ1) is 16.1. The number of benzene rings is 3. The molecule has 0 bridgehead atoms. The summed E-state index contributed by atoms with van der Waals surface area (Å²) >= 11 is 3.45. The fraction of sp³-hybridized carbons (Fsp3) is 0.259. The largest absolute Gasteiger partial charge is 0.494 e. The molecule has 2 amide bonds. The van der Waals surface area contributed by atoms with E-state index in [-0.39, 0.29) is 11.8 Å². The van der Waals surface area contributed by atoms with Crippen molar-refractivity contribution in [2.75, 3.05) is 13.7 Å². The summed E-state index contributed by atoms with van der Waals surface area (Å²) in [6.45, 7) is 0.793. The molecule has 0 aliphatic carbocycles. The minimum Gasteiger partial charge on any atom is -0.494 e. The van der Waals surface area contributed by atoms with Crippen LogP contribution in [0.2, 0.25) is 0 Å². The smallest absolute Gasteiger partial charge is 0.242 e. The molecule has 3 rings (SSSR count). The number of halogens is 1. The van der Waals surface area contributed by atoms with Crippen molar-refractivity contribution in [3.05, 3.63) is 101 Å². The topological polar surface area (TPSA) is 58.6 Å². The van der Waals surface area contributed by atoms with E-state index in [0.29, 0.717) is 32.4 Å². The summed E-state index contributed by atoms with van der Waals surface area (Å²) in [6.07, 6.45) is 1.31. The number of amides is 2. The minimum absolute atomic E-state index is 0.0703. The predicted molar refractivity (Wildman–Crippen MR) is 134 cm³/mol. The Morgan fingerprint density at radius 2 is 1.55 bits per heavy atom. The van der Waals surface area contributed by atoms with E-state index >= 15 is 0 Å². The van der Waals surface area contributed by atoms with E-state index in [1.54, 1.807) is 11.9 Å². The third-order valence-corrected chi connectivity index (χ3v) is 5.86. The number of carbonyl (C=O) groups excluding carboxylic acids is 2. The van der Waals surface area contributed by atoms with Crippen molar-refractivity contribution in [2.24, 2.45) is 0 Å². The molecule has 0 saturated carbocycles. The molecule has 0 radical (unpaired) electrons. The first kappa shape index (κ1) is 24.5. The molecule has 172 valence electrons. The third kappa shape index (κ3) is 7.75. The van der Waals surface area contributed by atoms with Crippen molar-refractivity contribution in [3.63, 3.8) is 0 Å². The molecule has 3 aromatic carbocycles. The fourth-order valence-electron chi connectivity index (χ4n) is 3.58. The Bertz CT molecular complexity index is 1010. The zero-order chi connectivity index (χ0) is 23.5. The lowest BCUT2D eigenvalue weighted by Gasteiger charge is -2.31. The van der Waals surface area contributed by atoms with Gasteiger partial charge in [-0.15, -0.1) is 0 Å². The summed E-state index contributed by atoms with van der Waals surface area (Å²) in [5, 5.41) is 2.74. The Balaban J connectivity index is 1.74. The fourth-order valence-corrected chi connectivity index (χ4v) is 3.85. The molecule has 0 spiro atoms. The highest BCUT2D eigenvalue weighted by molar-refractivity contribution is 9.10. The van der Waals surface area contributed by atoms with Crippen LogP contribution in [0.25, 0.3) is 0 Å². The van der Waals surface area contributed by atoms with Gasteiger partial charge in [-0.25, -0.2) is 0 Å². The van der Waals surface area contributed by atoms with Crippen LogP contribution in [0.1, 0.15) is 24.0 Å². The quantitative estimate of drug-likeness (QED) is 0.371. The van der Waals surface area contributed by atoms with Crippen LogP contribution in [-0.2, 0) is 22.6 Å². The summed E-state index contributed by atoms with van der Waals surface area (Å²) in [6, 6.07) is 26.5.